The molecule has 82 valence electrons. The van der Waals surface area contributed by atoms with Crippen molar-refractivity contribution in [3.05, 3.63) is 17.3 Å². The van der Waals surface area contributed by atoms with Gasteiger partial charge in [0.05, 0.1) is 0 Å². The van der Waals surface area contributed by atoms with Crippen molar-refractivity contribution in [2.45, 2.75) is 26.2 Å². The molecule has 1 aromatic rings. The van der Waals surface area contributed by atoms with Gasteiger partial charge in [-0.1, -0.05) is 20.8 Å². The van der Waals surface area contributed by atoms with Crippen molar-refractivity contribution in [2.24, 2.45) is 0 Å². The molecule has 0 amide bonds. The first kappa shape index (κ1) is 11.2. The highest BCUT2D eigenvalue weighted by Crippen LogP contribution is 2.24. The van der Waals surface area contributed by atoms with Crippen LogP contribution in [-0.4, -0.2) is 27.1 Å². The van der Waals surface area contributed by atoms with Gasteiger partial charge < -0.3 is 14.6 Å². The number of carboxylic acid groups (broad SMARTS) is 2. The second-order valence-electron chi connectivity index (χ2n) is 4.06. The van der Waals surface area contributed by atoms with Crippen molar-refractivity contribution in [3.8, 4) is 0 Å². The van der Waals surface area contributed by atoms with Gasteiger partial charge in [-0.05, 0) is 0 Å². The minimum Gasteiger partial charge on any atom is -0.476 e. The lowest BCUT2D eigenvalue weighted by Crippen LogP contribution is -2.12. The summed E-state index contributed by atoms with van der Waals surface area (Å²) in [5.74, 6) is -3.38. The lowest BCUT2D eigenvalue weighted by molar-refractivity contribution is 0.0622. The standard InChI is InChI=1S/C9H11NO5/c1-9(2,3)8-10-4(6(11)12)5(15-8)7(13)14/h1-3H3,(H,11,12)(H,13,14). The van der Waals surface area contributed by atoms with Crippen LogP contribution in [0.4, 0.5) is 0 Å². The highest BCUT2D eigenvalue weighted by atomic mass is 16.4. The number of hydrogen-bond acceptors (Lipinski definition) is 4. The first-order valence-corrected chi connectivity index (χ1v) is 4.21. The number of carboxylic acids is 2. The highest BCUT2D eigenvalue weighted by Gasteiger charge is 2.29. The molecule has 0 fully saturated rings. The second-order valence-corrected chi connectivity index (χ2v) is 4.06. The molecule has 6 heteroatoms. The van der Waals surface area contributed by atoms with Gasteiger partial charge >= 0.3 is 11.9 Å². The van der Waals surface area contributed by atoms with E-state index in [9.17, 15) is 9.59 Å². The van der Waals surface area contributed by atoms with Gasteiger partial charge in [0.15, 0.2) is 0 Å². The maximum Gasteiger partial charge on any atom is 0.374 e. The lowest BCUT2D eigenvalue weighted by Gasteiger charge is -2.11. The molecule has 0 saturated carbocycles. The Balaban J connectivity index is 3.34. The molecule has 0 saturated heterocycles. The number of hydrogen-bond donors (Lipinski definition) is 2. The Morgan fingerprint density at radius 3 is 2.00 bits per heavy atom. The normalized spacial score (nSPS) is 11.4. The molecule has 0 bridgehead atoms. The smallest absolute Gasteiger partial charge is 0.374 e. The largest absolute Gasteiger partial charge is 0.476 e. The summed E-state index contributed by atoms with van der Waals surface area (Å²) in [4.78, 5) is 25.0. The van der Waals surface area contributed by atoms with Gasteiger partial charge in [-0.25, -0.2) is 14.6 Å². The van der Waals surface area contributed by atoms with Crippen molar-refractivity contribution in [3.63, 3.8) is 0 Å². The average Bonchev–Trinajstić information content (AvgIpc) is 2.45. The van der Waals surface area contributed by atoms with Crippen LogP contribution in [-0.2, 0) is 5.41 Å². The van der Waals surface area contributed by atoms with Crippen molar-refractivity contribution in [2.75, 3.05) is 0 Å². The van der Waals surface area contributed by atoms with E-state index in [-0.39, 0.29) is 5.89 Å². The molecule has 0 aromatic carbocycles. The SMILES string of the molecule is CC(C)(C)c1nc(C(=O)O)c(C(=O)O)o1. The summed E-state index contributed by atoms with van der Waals surface area (Å²) in [5.41, 5.74) is -1.09. The third-order valence-electron chi connectivity index (χ3n) is 1.67. The Morgan fingerprint density at radius 2 is 1.73 bits per heavy atom. The van der Waals surface area contributed by atoms with Crippen LogP contribution in [0.25, 0.3) is 0 Å². The molecule has 0 aliphatic heterocycles. The minimum absolute atomic E-state index is 0.0947. The van der Waals surface area contributed by atoms with Gasteiger partial charge in [0, 0.05) is 5.41 Å². The quantitative estimate of drug-likeness (QED) is 0.769. The predicted molar refractivity (Wildman–Crippen MR) is 49.1 cm³/mol. The zero-order valence-electron chi connectivity index (χ0n) is 8.57. The van der Waals surface area contributed by atoms with Crippen LogP contribution in [0.15, 0.2) is 4.42 Å². The fourth-order valence-corrected chi connectivity index (χ4v) is 0.931. The molecule has 2 N–H and O–H groups in total. The molecule has 0 spiro atoms. The van der Waals surface area contributed by atoms with E-state index < -0.39 is 28.8 Å². The predicted octanol–water partition coefficient (Wildman–Crippen LogP) is 1.37. The Hall–Kier alpha value is -1.85. The van der Waals surface area contributed by atoms with Crippen LogP contribution in [0.1, 0.15) is 47.7 Å². The Morgan fingerprint density at radius 1 is 1.20 bits per heavy atom. The van der Waals surface area contributed by atoms with Gasteiger partial charge in [-0.15, -0.1) is 0 Å². The molecule has 15 heavy (non-hydrogen) atoms. The molecule has 1 rings (SSSR count). The topological polar surface area (TPSA) is 101 Å². The molecule has 0 atom stereocenters. The van der Waals surface area contributed by atoms with E-state index in [0.717, 1.165) is 0 Å². The summed E-state index contributed by atoms with van der Waals surface area (Å²) in [6.45, 7) is 5.24. The average molecular weight is 213 g/mol. The number of oxazole rings is 1. The third-order valence-corrected chi connectivity index (χ3v) is 1.67. The molecule has 1 aromatic heterocycles. The van der Waals surface area contributed by atoms with E-state index in [0.29, 0.717) is 0 Å². The van der Waals surface area contributed by atoms with E-state index in [2.05, 4.69) is 4.98 Å². The number of rotatable bonds is 2. The van der Waals surface area contributed by atoms with Gasteiger partial charge in [0.2, 0.25) is 17.3 Å². The van der Waals surface area contributed by atoms with Crippen LogP contribution >= 0.6 is 0 Å². The molecule has 0 unspecified atom stereocenters. The molecule has 6 nitrogen and oxygen atoms in total. The van der Waals surface area contributed by atoms with Gasteiger partial charge in [-0.3, -0.25) is 0 Å². The van der Waals surface area contributed by atoms with Crippen molar-refractivity contribution >= 4 is 11.9 Å². The van der Waals surface area contributed by atoms with E-state index in [1.807, 2.05) is 0 Å². The maximum atomic E-state index is 10.7. The molecule has 0 aliphatic carbocycles. The zero-order chi connectivity index (χ0) is 11.8. The van der Waals surface area contributed by atoms with Crippen LogP contribution in [0.2, 0.25) is 0 Å². The number of aromatic carboxylic acids is 2. The van der Waals surface area contributed by atoms with Crippen molar-refractivity contribution in [1.82, 2.24) is 4.98 Å². The molecule has 1 heterocycles. The van der Waals surface area contributed by atoms with Crippen LogP contribution < -0.4 is 0 Å². The van der Waals surface area contributed by atoms with Crippen LogP contribution in [0.5, 0.6) is 0 Å². The minimum atomic E-state index is -1.43. The summed E-state index contributed by atoms with van der Waals surface area (Å²) in [7, 11) is 0. The van der Waals surface area contributed by atoms with E-state index in [1.54, 1.807) is 20.8 Å². The summed E-state index contributed by atoms with van der Waals surface area (Å²) < 4.78 is 4.91. The fraction of sp³-hybridized carbons (Fsp3) is 0.444. The Kier molecular flexibility index (Phi) is 2.53. The van der Waals surface area contributed by atoms with E-state index in [4.69, 9.17) is 14.6 Å². The summed E-state index contributed by atoms with van der Waals surface area (Å²) in [5, 5.41) is 17.4. The first-order chi connectivity index (χ1) is 6.73. The second kappa shape index (κ2) is 3.38. The van der Waals surface area contributed by atoms with E-state index >= 15 is 0 Å². The Labute approximate surface area is 85.5 Å². The van der Waals surface area contributed by atoms with Crippen molar-refractivity contribution < 1.29 is 24.2 Å². The van der Waals surface area contributed by atoms with Gasteiger partial charge in [0.25, 0.3) is 0 Å². The summed E-state index contributed by atoms with van der Waals surface area (Å²) >= 11 is 0. The van der Waals surface area contributed by atoms with Crippen LogP contribution in [0.3, 0.4) is 0 Å². The van der Waals surface area contributed by atoms with Gasteiger partial charge in [0.1, 0.15) is 0 Å². The maximum absolute atomic E-state index is 10.7. The monoisotopic (exact) mass is 213 g/mol. The molecular weight excluding hydrogens is 202 g/mol. The van der Waals surface area contributed by atoms with Gasteiger partial charge in [-0.2, -0.15) is 0 Å². The fourth-order valence-electron chi connectivity index (χ4n) is 0.931. The third kappa shape index (κ3) is 2.15. The van der Waals surface area contributed by atoms with Crippen LogP contribution in [0, 0.1) is 0 Å². The molecule has 0 radical (unpaired) electrons. The number of nitrogens with zero attached hydrogens (tertiary/aromatic N) is 1. The molecule has 0 aliphatic rings. The Bertz CT molecular complexity index is 381. The molecular formula is C9H11NO5. The van der Waals surface area contributed by atoms with E-state index in [1.165, 1.54) is 0 Å². The first-order valence-electron chi connectivity index (χ1n) is 4.21. The summed E-state index contributed by atoms with van der Waals surface area (Å²) in [6.07, 6.45) is 0. The lowest BCUT2D eigenvalue weighted by atomic mass is 9.97. The van der Waals surface area contributed by atoms with Crippen molar-refractivity contribution in [1.29, 1.82) is 0 Å². The number of carbonyl (C=O) groups is 2. The highest BCUT2D eigenvalue weighted by molar-refractivity contribution is 5.98. The zero-order valence-corrected chi connectivity index (χ0v) is 8.57. The number of aromatic nitrogens is 1. The summed E-state index contributed by atoms with van der Waals surface area (Å²) in [6, 6.07) is 0.